The molecule has 7 nitrogen and oxygen atoms in total. The van der Waals surface area contributed by atoms with Crippen molar-refractivity contribution in [3.05, 3.63) is 18.2 Å². The van der Waals surface area contributed by atoms with Crippen molar-refractivity contribution in [3.8, 4) is 0 Å². The van der Waals surface area contributed by atoms with Crippen LogP contribution in [0.25, 0.3) is 0 Å². The van der Waals surface area contributed by atoms with Gasteiger partial charge < -0.3 is 14.8 Å². The minimum absolute atomic E-state index is 0.332. The Labute approximate surface area is 118 Å². The molecule has 0 saturated heterocycles. The molecule has 20 heavy (non-hydrogen) atoms. The molecule has 112 valence electrons. The summed E-state index contributed by atoms with van der Waals surface area (Å²) in [4.78, 5) is 27.4. The number of ether oxygens (including phenoxy) is 2. The van der Waals surface area contributed by atoms with Crippen LogP contribution in [0.4, 0.5) is 4.79 Å². The van der Waals surface area contributed by atoms with E-state index in [4.69, 9.17) is 4.74 Å². The zero-order valence-electron chi connectivity index (χ0n) is 12.5. The molecule has 0 aliphatic carbocycles. The quantitative estimate of drug-likeness (QED) is 0.829. The first-order chi connectivity index (χ1) is 9.26. The molecule has 1 unspecified atom stereocenters. The van der Waals surface area contributed by atoms with Crippen LogP contribution >= 0.6 is 0 Å². The van der Waals surface area contributed by atoms with Gasteiger partial charge in [0.2, 0.25) is 0 Å². The predicted molar refractivity (Wildman–Crippen MR) is 72.4 cm³/mol. The average Bonchev–Trinajstić information content (AvgIpc) is 2.81. The van der Waals surface area contributed by atoms with Crippen LogP contribution in [0.2, 0.25) is 0 Å². The van der Waals surface area contributed by atoms with Crippen LogP contribution in [0, 0.1) is 0 Å². The standard InChI is InChI=1S/C13H21N3O4/c1-13(2,3)20-12(18)16-7-9(15-8-16)6-10(14-4)11(17)19-5/h7-8,10,14H,6H2,1-5H3. The molecule has 1 rings (SSSR count). The van der Waals surface area contributed by atoms with Gasteiger partial charge in [-0.25, -0.2) is 14.3 Å². The number of nitrogens with zero attached hydrogens (tertiary/aromatic N) is 2. The van der Waals surface area contributed by atoms with Crippen LogP contribution in [0.3, 0.4) is 0 Å². The predicted octanol–water partition coefficient (Wildman–Crippen LogP) is 0.970. The number of rotatable bonds is 4. The molecular weight excluding hydrogens is 262 g/mol. The number of imidazole rings is 1. The third kappa shape index (κ3) is 4.65. The van der Waals surface area contributed by atoms with Crippen molar-refractivity contribution in [2.24, 2.45) is 0 Å². The molecular formula is C13H21N3O4. The van der Waals surface area contributed by atoms with Crippen molar-refractivity contribution in [3.63, 3.8) is 0 Å². The molecule has 1 heterocycles. The highest BCUT2D eigenvalue weighted by Gasteiger charge is 2.21. The van der Waals surface area contributed by atoms with Crippen LogP contribution in [-0.2, 0) is 20.7 Å². The van der Waals surface area contributed by atoms with Crippen LogP contribution in [0.1, 0.15) is 26.5 Å². The Balaban J connectivity index is 2.72. The van der Waals surface area contributed by atoms with Gasteiger partial charge in [0.15, 0.2) is 0 Å². The molecule has 0 aliphatic rings. The van der Waals surface area contributed by atoms with E-state index in [1.54, 1.807) is 34.0 Å². The largest absolute Gasteiger partial charge is 0.468 e. The lowest BCUT2D eigenvalue weighted by Crippen LogP contribution is -2.37. The van der Waals surface area contributed by atoms with Gasteiger partial charge in [0.05, 0.1) is 12.8 Å². The summed E-state index contributed by atoms with van der Waals surface area (Å²) in [6.45, 7) is 5.37. The van der Waals surface area contributed by atoms with Gasteiger partial charge in [-0.1, -0.05) is 0 Å². The maximum Gasteiger partial charge on any atom is 0.419 e. The molecule has 1 atom stereocenters. The topological polar surface area (TPSA) is 82.5 Å². The van der Waals surface area contributed by atoms with Gasteiger partial charge >= 0.3 is 12.1 Å². The van der Waals surface area contributed by atoms with Crippen LogP contribution < -0.4 is 5.32 Å². The highest BCUT2D eigenvalue weighted by atomic mass is 16.6. The van der Waals surface area contributed by atoms with Gasteiger partial charge in [-0.15, -0.1) is 0 Å². The van der Waals surface area contributed by atoms with Crippen LogP contribution in [0.5, 0.6) is 0 Å². The number of hydrogen-bond acceptors (Lipinski definition) is 6. The minimum atomic E-state index is -0.568. The van der Waals surface area contributed by atoms with E-state index in [1.165, 1.54) is 18.0 Å². The summed E-state index contributed by atoms with van der Waals surface area (Å²) < 4.78 is 11.1. The summed E-state index contributed by atoms with van der Waals surface area (Å²) in [5.74, 6) is -0.376. The fourth-order valence-electron chi connectivity index (χ4n) is 1.54. The van der Waals surface area contributed by atoms with Crippen molar-refractivity contribution < 1.29 is 19.1 Å². The Hall–Kier alpha value is -1.89. The number of likely N-dealkylation sites (N-methyl/N-ethyl adjacent to an activating group) is 1. The molecule has 1 aromatic rings. The Kier molecular flexibility index (Phi) is 5.26. The summed E-state index contributed by atoms with van der Waals surface area (Å²) in [6, 6.07) is -0.498. The van der Waals surface area contributed by atoms with Crippen molar-refractivity contribution in [2.45, 2.75) is 38.8 Å². The second-order valence-corrected chi connectivity index (χ2v) is 5.32. The first kappa shape index (κ1) is 16.2. The van der Waals surface area contributed by atoms with E-state index in [0.29, 0.717) is 12.1 Å². The molecule has 0 bridgehead atoms. The lowest BCUT2D eigenvalue weighted by atomic mass is 10.2. The van der Waals surface area contributed by atoms with E-state index in [1.807, 2.05) is 0 Å². The molecule has 0 amide bonds. The van der Waals surface area contributed by atoms with Crippen LogP contribution in [0.15, 0.2) is 12.5 Å². The molecule has 0 saturated carbocycles. The van der Waals surface area contributed by atoms with E-state index < -0.39 is 17.7 Å². The van der Waals surface area contributed by atoms with E-state index >= 15 is 0 Å². The Bertz CT molecular complexity index is 476. The molecule has 0 radical (unpaired) electrons. The summed E-state index contributed by atoms with van der Waals surface area (Å²) in [6.07, 6.45) is 2.74. The second-order valence-electron chi connectivity index (χ2n) is 5.32. The van der Waals surface area contributed by atoms with E-state index in [0.717, 1.165) is 0 Å². The van der Waals surface area contributed by atoms with Gasteiger partial charge in [-0.05, 0) is 27.8 Å². The van der Waals surface area contributed by atoms with Gasteiger partial charge in [0, 0.05) is 12.6 Å². The number of carbonyl (C=O) groups excluding carboxylic acids is 2. The lowest BCUT2D eigenvalue weighted by Gasteiger charge is -2.19. The summed E-state index contributed by atoms with van der Waals surface area (Å²) in [5.41, 5.74) is 0.0294. The summed E-state index contributed by atoms with van der Waals surface area (Å²) in [5, 5.41) is 2.84. The average molecular weight is 283 g/mol. The third-order valence-corrected chi connectivity index (χ3v) is 2.49. The number of esters is 1. The number of nitrogens with one attached hydrogen (secondary N) is 1. The Morgan fingerprint density at radius 1 is 1.45 bits per heavy atom. The number of aromatic nitrogens is 2. The van der Waals surface area contributed by atoms with E-state index in [-0.39, 0.29) is 5.97 Å². The fraction of sp³-hybridized carbons (Fsp3) is 0.615. The zero-order chi connectivity index (χ0) is 15.3. The second kappa shape index (κ2) is 6.51. The Morgan fingerprint density at radius 3 is 2.60 bits per heavy atom. The maximum absolute atomic E-state index is 11.8. The number of hydrogen-bond donors (Lipinski definition) is 1. The number of methoxy groups -OCH3 is 1. The molecule has 1 aromatic heterocycles. The summed E-state index contributed by atoms with van der Waals surface area (Å²) >= 11 is 0. The smallest absolute Gasteiger partial charge is 0.419 e. The van der Waals surface area contributed by atoms with E-state index in [9.17, 15) is 9.59 Å². The highest BCUT2D eigenvalue weighted by molar-refractivity contribution is 5.76. The van der Waals surface area contributed by atoms with E-state index in [2.05, 4.69) is 15.0 Å². The van der Waals surface area contributed by atoms with Gasteiger partial charge in [-0.3, -0.25) is 4.79 Å². The SMILES string of the molecule is CNC(Cc1cn(C(=O)OC(C)(C)C)cn1)C(=O)OC. The van der Waals surface area contributed by atoms with Gasteiger partial charge in [0.25, 0.3) is 0 Å². The van der Waals surface area contributed by atoms with Gasteiger partial charge in [0.1, 0.15) is 18.0 Å². The lowest BCUT2D eigenvalue weighted by molar-refractivity contribution is -0.142. The monoisotopic (exact) mass is 283 g/mol. The van der Waals surface area contributed by atoms with Crippen LogP contribution in [-0.4, -0.2) is 47.4 Å². The Morgan fingerprint density at radius 2 is 2.10 bits per heavy atom. The molecule has 7 heteroatoms. The first-order valence-electron chi connectivity index (χ1n) is 6.28. The molecule has 0 fully saturated rings. The van der Waals surface area contributed by atoms with Crippen molar-refractivity contribution in [1.29, 1.82) is 0 Å². The maximum atomic E-state index is 11.8. The van der Waals surface area contributed by atoms with Crippen molar-refractivity contribution in [1.82, 2.24) is 14.9 Å². The highest BCUT2D eigenvalue weighted by Crippen LogP contribution is 2.10. The van der Waals surface area contributed by atoms with Crippen molar-refractivity contribution >= 4 is 12.1 Å². The normalized spacial score (nSPS) is 12.8. The van der Waals surface area contributed by atoms with Crippen molar-refractivity contribution in [2.75, 3.05) is 14.2 Å². The summed E-state index contributed by atoms with van der Waals surface area (Å²) in [7, 11) is 2.98. The number of carbonyl (C=O) groups is 2. The first-order valence-corrected chi connectivity index (χ1v) is 6.28. The minimum Gasteiger partial charge on any atom is -0.468 e. The molecule has 0 aliphatic heterocycles. The van der Waals surface area contributed by atoms with Gasteiger partial charge in [-0.2, -0.15) is 0 Å². The molecule has 1 N–H and O–H groups in total. The fourth-order valence-corrected chi connectivity index (χ4v) is 1.54. The third-order valence-electron chi connectivity index (χ3n) is 2.49. The molecule has 0 aromatic carbocycles. The molecule has 0 spiro atoms. The zero-order valence-corrected chi connectivity index (χ0v) is 12.5.